The molecule has 0 spiro atoms. The van der Waals surface area contributed by atoms with Gasteiger partial charge in [0.15, 0.2) is 0 Å². The van der Waals surface area contributed by atoms with E-state index in [1.807, 2.05) is 28.5 Å². The van der Waals surface area contributed by atoms with Crippen molar-refractivity contribution in [1.82, 2.24) is 9.80 Å². The van der Waals surface area contributed by atoms with E-state index < -0.39 is 0 Å². The first-order chi connectivity index (χ1) is 9.69. The summed E-state index contributed by atoms with van der Waals surface area (Å²) in [6.07, 6.45) is 0. The van der Waals surface area contributed by atoms with E-state index in [0.29, 0.717) is 0 Å². The lowest BCUT2D eigenvalue weighted by molar-refractivity contribution is 0.0666. The van der Waals surface area contributed by atoms with Crippen molar-refractivity contribution in [2.45, 2.75) is 0 Å². The Bertz CT molecular complexity index is 636. The second-order valence-corrected chi connectivity index (χ2v) is 6.02. The van der Waals surface area contributed by atoms with E-state index in [2.05, 4.69) is 11.9 Å². The summed E-state index contributed by atoms with van der Waals surface area (Å²) in [5.41, 5.74) is 0.799. The molecule has 6 heteroatoms. The summed E-state index contributed by atoms with van der Waals surface area (Å²) in [4.78, 5) is 16.8. The molecule has 0 unspecified atom stereocenters. The van der Waals surface area contributed by atoms with Crippen LogP contribution >= 0.6 is 23.7 Å². The molecule has 114 valence electrons. The molecule has 2 heterocycles. The number of rotatable bonds is 2. The van der Waals surface area contributed by atoms with Crippen molar-refractivity contribution >= 4 is 39.7 Å². The van der Waals surface area contributed by atoms with E-state index in [1.54, 1.807) is 18.4 Å². The number of carbonyl (C=O) groups is 1. The second-order valence-electron chi connectivity index (χ2n) is 5.11. The van der Waals surface area contributed by atoms with Gasteiger partial charge in [0, 0.05) is 41.6 Å². The molecule has 1 aromatic heterocycles. The number of methoxy groups -OCH3 is 1. The van der Waals surface area contributed by atoms with Crippen LogP contribution in [0.3, 0.4) is 0 Å². The molecular formula is C15H19ClN2O2S. The summed E-state index contributed by atoms with van der Waals surface area (Å²) in [5.74, 6) is 0.931. The van der Waals surface area contributed by atoms with Crippen molar-refractivity contribution in [2.75, 3.05) is 40.3 Å². The highest BCUT2D eigenvalue weighted by molar-refractivity contribution is 7.17. The third kappa shape index (κ3) is 3.15. The fraction of sp³-hybridized carbons (Fsp3) is 0.400. The van der Waals surface area contributed by atoms with E-state index >= 15 is 0 Å². The molecule has 2 aromatic rings. The Labute approximate surface area is 134 Å². The normalized spacial score (nSPS) is 15.8. The summed E-state index contributed by atoms with van der Waals surface area (Å²) in [6, 6.07) is 5.90. The van der Waals surface area contributed by atoms with Crippen LogP contribution in [0, 0.1) is 0 Å². The third-order valence-electron chi connectivity index (χ3n) is 3.80. The van der Waals surface area contributed by atoms with Crippen molar-refractivity contribution in [3.63, 3.8) is 0 Å². The molecule has 1 fully saturated rings. The minimum Gasteiger partial charge on any atom is -0.497 e. The number of thiophene rings is 1. The number of benzene rings is 1. The lowest BCUT2D eigenvalue weighted by Crippen LogP contribution is -2.47. The molecule has 0 bridgehead atoms. The number of likely N-dealkylation sites (N-methyl/N-ethyl adjacent to an activating group) is 1. The molecule has 1 aliphatic heterocycles. The topological polar surface area (TPSA) is 32.8 Å². The first kappa shape index (κ1) is 16.1. The van der Waals surface area contributed by atoms with Gasteiger partial charge in [-0.25, -0.2) is 0 Å². The maximum Gasteiger partial charge on any atom is 0.255 e. The number of halogens is 1. The molecule has 21 heavy (non-hydrogen) atoms. The van der Waals surface area contributed by atoms with Crippen LogP contribution in [-0.2, 0) is 0 Å². The van der Waals surface area contributed by atoms with Crippen LogP contribution in [0.1, 0.15) is 10.4 Å². The van der Waals surface area contributed by atoms with Gasteiger partial charge in [0.1, 0.15) is 5.75 Å². The van der Waals surface area contributed by atoms with Crippen molar-refractivity contribution < 1.29 is 9.53 Å². The molecule has 0 saturated carbocycles. The Hall–Kier alpha value is -1.30. The standard InChI is InChI=1S/C15H18N2O2S.ClH/c1-16-5-7-17(8-6-16)15(18)13-10-20-14-4-3-11(19-2)9-12(13)14;/h3-4,9-10H,5-8H2,1-2H3;1H. The summed E-state index contributed by atoms with van der Waals surface area (Å²) in [5, 5.41) is 2.96. The van der Waals surface area contributed by atoms with Crippen molar-refractivity contribution in [3.8, 4) is 5.75 Å². The van der Waals surface area contributed by atoms with E-state index in [0.717, 1.165) is 47.6 Å². The number of hydrogen-bond donors (Lipinski definition) is 0. The number of piperazine rings is 1. The predicted molar refractivity (Wildman–Crippen MR) is 89.0 cm³/mol. The van der Waals surface area contributed by atoms with Gasteiger partial charge in [0.2, 0.25) is 0 Å². The molecule has 1 saturated heterocycles. The third-order valence-corrected chi connectivity index (χ3v) is 4.77. The minimum absolute atomic E-state index is 0. The molecule has 0 radical (unpaired) electrons. The number of carbonyl (C=O) groups excluding carboxylic acids is 1. The SMILES string of the molecule is COc1ccc2scc(C(=O)N3CCN(C)CC3)c2c1.Cl. The zero-order valence-electron chi connectivity index (χ0n) is 12.2. The molecule has 3 rings (SSSR count). The van der Waals surface area contributed by atoms with Gasteiger partial charge in [-0.05, 0) is 25.2 Å². The summed E-state index contributed by atoms with van der Waals surface area (Å²) < 4.78 is 6.39. The van der Waals surface area contributed by atoms with Gasteiger partial charge in [-0.15, -0.1) is 23.7 Å². The van der Waals surface area contributed by atoms with Gasteiger partial charge in [-0.2, -0.15) is 0 Å². The van der Waals surface area contributed by atoms with Gasteiger partial charge < -0.3 is 14.5 Å². The Morgan fingerprint density at radius 1 is 1.24 bits per heavy atom. The number of hydrogen-bond acceptors (Lipinski definition) is 4. The molecular weight excluding hydrogens is 308 g/mol. The Kier molecular flexibility index (Phi) is 5.08. The van der Waals surface area contributed by atoms with Crippen LogP contribution in [0.25, 0.3) is 10.1 Å². The first-order valence-electron chi connectivity index (χ1n) is 6.72. The molecule has 0 N–H and O–H groups in total. The maximum absolute atomic E-state index is 12.7. The Morgan fingerprint density at radius 3 is 2.62 bits per heavy atom. The zero-order chi connectivity index (χ0) is 14.1. The highest BCUT2D eigenvalue weighted by Crippen LogP contribution is 2.30. The number of nitrogens with zero attached hydrogens (tertiary/aromatic N) is 2. The van der Waals surface area contributed by atoms with E-state index in [-0.39, 0.29) is 18.3 Å². The first-order valence-corrected chi connectivity index (χ1v) is 7.60. The summed E-state index contributed by atoms with van der Waals surface area (Å²) in [6.45, 7) is 3.49. The number of ether oxygens (including phenoxy) is 1. The molecule has 1 amide bonds. The summed E-state index contributed by atoms with van der Waals surface area (Å²) >= 11 is 1.61. The Balaban J connectivity index is 0.00000161. The molecule has 0 aliphatic carbocycles. The molecule has 0 atom stereocenters. The fourth-order valence-electron chi connectivity index (χ4n) is 2.48. The highest BCUT2D eigenvalue weighted by atomic mass is 35.5. The van der Waals surface area contributed by atoms with Gasteiger partial charge in [-0.1, -0.05) is 0 Å². The monoisotopic (exact) mass is 326 g/mol. The Morgan fingerprint density at radius 2 is 1.95 bits per heavy atom. The lowest BCUT2D eigenvalue weighted by atomic mass is 10.1. The van der Waals surface area contributed by atoms with E-state index in [1.165, 1.54) is 0 Å². The van der Waals surface area contributed by atoms with Crippen molar-refractivity contribution in [1.29, 1.82) is 0 Å². The molecule has 1 aliphatic rings. The van der Waals surface area contributed by atoms with Crippen LogP contribution in [0.15, 0.2) is 23.6 Å². The smallest absolute Gasteiger partial charge is 0.255 e. The largest absolute Gasteiger partial charge is 0.497 e. The molecule has 1 aromatic carbocycles. The van der Waals surface area contributed by atoms with Gasteiger partial charge in [0.05, 0.1) is 12.7 Å². The molecule has 4 nitrogen and oxygen atoms in total. The quantitative estimate of drug-likeness (QED) is 0.850. The lowest BCUT2D eigenvalue weighted by Gasteiger charge is -2.32. The number of fused-ring (bicyclic) bond motifs is 1. The predicted octanol–water partition coefficient (Wildman–Crippen LogP) is 2.72. The zero-order valence-corrected chi connectivity index (χ0v) is 13.8. The maximum atomic E-state index is 12.7. The van der Waals surface area contributed by atoms with Gasteiger partial charge in [0.25, 0.3) is 5.91 Å². The van der Waals surface area contributed by atoms with Crippen LogP contribution in [0.2, 0.25) is 0 Å². The fourth-order valence-corrected chi connectivity index (χ4v) is 3.40. The second kappa shape index (κ2) is 6.64. The summed E-state index contributed by atoms with van der Waals surface area (Å²) in [7, 11) is 3.74. The van der Waals surface area contributed by atoms with Crippen LogP contribution in [-0.4, -0.2) is 56.0 Å². The van der Waals surface area contributed by atoms with Crippen LogP contribution in [0.5, 0.6) is 5.75 Å². The number of amides is 1. The average molecular weight is 327 g/mol. The average Bonchev–Trinajstić information content (AvgIpc) is 2.90. The van der Waals surface area contributed by atoms with Crippen LogP contribution < -0.4 is 4.74 Å². The van der Waals surface area contributed by atoms with E-state index in [9.17, 15) is 4.79 Å². The van der Waals surface area contributed by atoms with Gasteiger partial charge >= 0.3 is 0 Å². The van der Waals surface area contributed by atoms with Gasteiger partial charge in [-0.3, -0.25) is 4.79 Å². The van der Waals surface area contributed by atoms with E-state index in [4.69, 9.17) is 4.74 Å². The highest BCUT2D eigenvalue weighted by Gasteiger charge is 2.22. The minimum atomic E-state index is 0. The van der Waals surface area contributed by atoms with Crippen molar-refractivity contribution in [2.24, 2.45) is 0 Å². The van der Waals surface area contributed by atoms with Crippen molar-refractivity contribution in [3.05, 3.63) is 29.1 Å². The van der Waals surface area contributed by atoms with Crippen LogP contribution in [0.4, 0.5) is 0 Å².